The fourth-order valence-corrected chi connectivity index (χ4v) is 8.71. The molecule has 0 unspecified atom stereocenters. The zero-order valence-electron chi connectivity index (χ0n) is 16.3. The second-order valence-electron chi connectivity index (χ2n) is 4.86. The van der Waals surface area contributed by atoms with Gasteiger partial charge in [-0.25, -0.2) is 0 Å². The summed E-state index contributed by atoms with van der Waals surface area (Å²) in [5.74, 6) is -0.378. The van der Waals surface area contributed by atoms with Crippen LogP contribution >= 0.6 is 14.7 Å². The van der Waals surface area contributed by atoms with Crippen molar-refractivity contribution < 1.29 is 37.1 Å². The molecule has 0 saturated carbocycles. The highest BCUT2D eigenvalue weighted by Crippen LogP contribution is 2.67. The van der Waals surface area contributed by atoms with E-state index in [2.05, 4.69) is 0 Å². The summed E-state index contributed by atoms with van der Waals surface area (Å²) in [6.07, 6.45) is 0. The third-order valence-corrected chi connectivity index (χ3v) is 9.39. The van der Waals surface area contributed by atoms with Crippen LogP contribution in [0.4, 0.5) is 0 Å². The van der Waals surface area contributed by atoms with Crippen LogP contribution in [0.25, 0.3) is 0 Å². The molecule has 0 aliphatic rings. The van der Waals surface area contributed by atoms with Crippen LogP contribution in [-0.4, -0.2) is 57.6 Å². The minimum atomic E-state index is -3.61. The molecule has 0 saturated heterocycles. The first-order chi connectivity index (χ1) is 11.9. The van der Waals surface area contributed by atoms with Gasteiger partial charge in [0.25, 0.3) is 14.7 Å². The fourth-order valence-electron chi connectivity index (χ4n) is 2.17. The standard InChI is InChI=1S/C15H34O8P2/c1-7-18-14(19-8-2)24(16,22-11-5)13-25(17,23-12-6)15(20-9-3)21-10-4/h14-15H,7-13H2,1-6H3/t24-,25-/m1/s1. The molecule has 25 heavy (non-hydrogen) atoms. The van der Waals surface area contributed by atoms with E-state index in [9.17, 15) is 9.13 Å². The molecule has 0 rings (SSSR count). The topological polar surface area (TPSA) is 89.5 Å². The molecule has 0 aliphatic carbocycles. The Morgan fingerprint density at radius 3 is 1.04 bits per heavy atom. The molecule has 0 aromatic rings. The second-order valence-corrected chi connectivity index (χ2v) is 10.3. The van der Waals surface area contributed by atoms with Crippen molar-refractivity contribution in [2.45, 2.75) is 53.6 Å². The molecule has 0 fully saturated rings. The van der Waals surface area contributed by atoms with E-state index in [1.54, 1.807) is 41.5 Å². The van der Waals surface area contributed by atoms with E-state index in [0.29, 0.717) is 0 Å². The molecular formula is C15H34O8P2. The normalized spacial score (nSPS) is 17.0. The van der Waals surface area contributed by atoms with Gasteiger partial charge in [0.05, 0.1) is 13.2 Å². The molecule has 0 radical (unpaired) electrons. The van der Waals surface area contributed by atoms with E-state index in [4.69, 9.17) is 28.0 Å². The SMILES string of the molecule is CCOC(OCC)[P@@](=O)(C[P@@](=O)(OCC)C(OCC)OCC)OCC. The molecule has 0 amide bonds. The molecule has 0 N–H and O–H groups in total. The van der Waals surface area contributed by atoms with Crippen molar-refractivity contribution in [1.29, 1.82) is 0 Å². The molecular weight excluding hydrogens is 370 g/mol. The van der Waals surface area contributed by atoms with Gasteiger partial charge in [-0.3, -0.25) is 9.13 Å². The van der Waals surface area contributed by atoms with Gasteiger partial charge in [0.1, 0.15) is 5.90 Å². The molecule has 2 atom stereocenters. The first-order valence-electron chi connectivity index (χ1n) is 8.80. The van der Waals surface area contributed by atoms with Crippen LogP contribution in [0.5, 0.6) is 0 Å². The van der Waals surface area contributed by atoms with Crippen molar-refractivity contribution in [3.8, 4) is 0 Å². The summed E-state index contributed by atoms with van der Waals surface area (Å²) in [5.41, 5.74) is 0. The molecule has 0 aromatic carbocycles. The van der Waals surface area contributed by atoms with Gasteiger partial charge in [-0.2, -0.15) is 0 Å². The number of hydrogen-bond donors (Lipinski definition) is 0. The summed E-state index contributed by atoms with van der Waals surface area (Å²) in [6, 6.07) is -2.22. The van der Waals surface area contributed by atoms with E-state index in [0.717, 1.165) is 0 Å². The van der Waals surface area contributed by atoms with E-state index in [-0.39, 0.29) is 45.5 Å². The number of rotatable bonds is 16. The molecule has 0 heterocycles. The summed E-state index contributed by atoms with van der Waals surface area (Å²) < 4.78 is 59.7. The van der Waals surface area contributed by atoms with Gasteiger partial charge in [0, 0.05) is 26.4 Å². The van der Waals surface area contributed by atoms with Crippen LogP contribution in [0.15, 0.2) is 0 Å². The van der Waals surface area contributed by atoms with Crippen LogP contribution in [0.2, 0.25) is 0 Å². The van der Waals surface area contributed by atoms with Gasteiger partial charge in [-0.1, -0.05) is 0 Å². The third-order valence-electron chi connectivity index (χ3n) is 2.97. The lowest BCUT2D eigenvalue weighted by Crippen LogP contribution is -2.26. The molecule has 10 heteroatoms. The van der Waals surface area contributed by atoms with Crippen molar-refractivity contribution in [2.75, 3.05) is 45.5 Å². The Morgan fingerprint density at radius 2 is 0.840 bits per heavy atom. The van der Waals surface area contributed by atoms with Crippen LogP contribution in [0, 0.1) is 0 Å². The van der Waals surface area contributed by atoms with Crippen LogP contribution < -0.4 is 0 Å². The van der Waals surface area contributed by atoms with Crippen molar-refractivity contribution in [3.63, 3.8) is 0 Å². The number of hydrogen-bond acceptors (Lipinski definition) is 8. The number of ether oxygens (including phenoxy) is 4. The average Bonchev–Trinajstić information content (AvgIpc) is 2.54. The van der Waals surface area contributed by atoms with E-state index in [1.165, 1.54) is 0 Å². The Morgan fingerprint density at radius 1 is 0.560 bits per heavy atom. The maximum absolute atomic E-state index is 13.5. The van der Waals surface area contributed by atoms with Gasteiger partial charge in [-0.05, 0) is 41.5 Å². The summed E-state index contributed by atoms with van der Waals surface area (Å²) in [5, 5.41) is 0. The molecule has 0 aliphatic heterocycles. The second kappa shape index (κ2) is 13.4. The largest absolute Gasteiger partial charge is 0.345 e. The smallest absolute Gasteiger partial charge is 0.267 e. The van der Waals surface area contributed by atoms with Crippen molar-refractivity contribution in [1.82, 2.24) is 0 Å². The summed E-state index contributed by atoms with van der Waals surface area (Å²) in [7, 11) is -7.22. The lowest BCUT2D eigenvalue weighted by atomic mass is 10.9. The van der Waals surface area contributed by atoms with Gasteiger partial charge < -0.3 is 28.0 Å². The highest BCUT2D eigenvalue weighted by Gasteiger charge is 2.48. The lowest BCUT2D eigenvalue weighted by molar-refractivity contribution is -0.0914. The molecule has 0 spiro atoms. The summed E-state index contributed by atoms with van der Waals surface area (Å²) >= 11 is 0. The lowest BCUT2D eigenvalue weighted by Gasteiger charge is -2.32. The monoisotopic (exact) mass is 404 g/mol. The molecule has 0 bridgehead atoms. The Kier molecular flexibility index (Phi) is 13.5. The van der Waals surface area contributed by atoms with E-state index < -0.39 is 26.8 Å². The Labute approximate surface area is 151 Å². The first-order valence-corrected chi connectivity index (χ1v) is 12.6. The van der Waals surface area contributed by atoms with Crippen LogP contribution in [0.1, 0.15) is 41.5 Å². The quantitative estimate of drug-likeness (QED) is 0.278. The van der Waals surface area contributed by atoms with Crippen LogP contribution in [0.3, 0.4) is 0 Å². The molecule has 152 valence electrons. The highest BCUT2D eigenvalue weighted by molar-refractivity contribution is 7.76. The van der Waals surface area contributed by atoms with Gasteiger partial charge in [0.2, 0.25) is 12.1 Å². The Hall–Kier alpha value is 0.220. The summed E-state index contributed by atoms with van der Waals surface area (Å²) in [6.45, 7) is 11.9. The predicted octanol–water partition coefficient (Wildman–Crippen LogP) is 4.29. The fraction of sp³-hybridized carbons (Fsp3) is 1.00. The van der Waals surface area contributed by atoms with E-state index >= 15 is 0 Å². The minimum Gasteiger partial charge on any atom is -0.345 e. The average molecular weight is 404 g/mol. The van der Waals surface area contributed by atoms with Crippen LogP contribution in [-0.2, 0) is 37.1 Å². The Bertz CT molecular complexity index is 382. The molecule has 8 nitrogen and oxygen atoms in total. The Balaban J connectivity index is 5.74. The minimum absolute atomic E-state index is 0.161. The van der Waals surface area contributed by atoms with Gasteiger partial charge >= 0.3 is 0 Å². The molecule has 0 aromatic heterocycles. The van der Waals surface area contributed by atoms with Crippen molar-refractivity contribution >= 4 is 14.7 Å². The highest BCUT2D eigenvalue weighted by atomic mass is 31.2. The zero-order chi connectivity index (χ0) is 19.3. The maximum atomic E-state index is 13.5. The predicted molar refractivity (Wildman–Crippen MR) is 97.4 cm³/mol. The summed E-state index contributed by atoms with van der Waals surface area (Å²) in [4.78, 5) is 0. The maximum Gasteiger partial charge on any atom is 0.267 e. The first kappa shape index (κ1) is 25.2. The van der Waals surface area contributed by atoms with Crippen molar-refractivity contribution in [3.05, 3.63) is 0 Å². The van der Waals surface area contributed by atoms with E-state index in [1.807, 2.05) is 0 Å². The van der Waals surface area contributed by atoms with Gasteiger partial charge in [0.15, 0.2) is 0 Å². The van der Waals surface area contributed by atoms with Gasteiger partial charge in [-0.15, -0.1) is 0 Å². The third kappa shape index (κ3) is 8.19. The van der Waals surface area contributed by atoms with Crippen molar-refractivity contribution in [2.24, 2.45) is 0 Å². The zero-order valence-corrected chi connectivity index (χ0v) is 18.1.